The molecule has 2 aromatic heterocycles. The normalized spacial score (nSPS) is 16.0. The second-order valence-corrected chi connectivity index (χ2v) is 9.63. The van der Waals surface area contributed by atoms with E-state index in [0.29, 0.717) is 0 Å². The minimum Gasteiger partial charge on any atom is -0.492 e. The lowest BCUT2D eigenvalue weighted by atomic mass is 10.0. The Labute approximate surface area is 196 Å². The molecule has 0 radical (unpaired) electrons. The molecule has 1 aliphatic heterocycles. The van der Waals surface area contributed by atoms with Gasteiger partial charge in [-0.15, -0.1) is 5.10 Å². The van der Waals surface area contributed by atoms with Crippen LogP contribution < -0.4 is 4.90 Å². The lowest BCUT2D eigenvalue weighted by Crippen LogP contribution is -2.47. The molecule has 8 heteroatoms. The van der Waals surface area contributed by atoms with Crippen LogP contribution in [-0.4, -0.2) is 50.8 Å². The third-order valence-electron chi connectivity index (χ3n) is 6.05. The first-order valence-electron chi connectivity index (χ1n) is 10.9. The molecule has 0 amide bonds. The van der Waals surface area contributed by atoms with E-state index in [-0.39, 0.29) is 11.9 Å². The van der Waals surface area contributed by atoms with E-state index in [0.717, 1.165) is 59.0 Å². The van der Waals surface area contributed by atoms with E-state index in [2.05, 4.69) is 57.1 Å². The van der Waals surface area contributed by atoms with Gasteiger partial charge in [0.15, 0.2) is 5.82 Å². The molecule has 0 spiro atoms. The average molecular weight is 468 g/mol. The van der Waals surface area contributed by atoms with Crippen LogP contribution >= 0.6 is 22.9 Å². The summed E-state index contributed by atoms with van der Waals surface area (Å²) in [5.74, 6) is 0.945. The fourth-order valence-corrected chi connectivity index (χ4v) is 5.63. The number of hydrogen-bond acceptors (Lipinski definition) is 6. The fraction of sp³-hybridized carbons (Fsp3) is 0.333. The summed E-state index contributed by atoms with van der Waals surface area (Å²) in [7, 11) is 0. The monoisotopic (exact) mass is 467 g/mol. The SMILES string of the molecule is CCc1nc2sc([C@@H](c3ccc(C)cc3)N3CCN(c4cccc(Cl)c4)CC3)c(O)n2n1. The molecule has 1 fully saturated rings. The summed E-state index contributed by atoms with van der Waals surface area (Å²) in [6.45, 7) is 7.65. The molecule has 1 atom stereocenters. The van der Waals surface area contributed by atoms with Crippen molar-refractivity contribution in [2.75, 3.05) is 31.1 Å². The number of halogens is 1. The first-order valence-corrected chi connectivity index (χ1v) is 12.1. The van der Waals surface area contributed by atoms with Crippen LogP contribution in [0.15, 0.2) is 48.5 Å². The Morgan fingerprint density at radius 2 is 1.84 bits per heavy atom. The van der Waals surface area contributed by atoms with Crippen molar-refractivity contribution < 1.29 is 5.11 Å². The molecular weight excluding hydrogens is 442 g/mol. The van der Waals surface area contributed by atoms with Gasteiger partial charge in [0.2, 0.25) is 10.8 Å². The summed E-state index contributed by atoms with van der Waals surface area (Å²) in [4.78, 5) is 11.0. The lowest BCUT2D eigenvalue weighted by molar-refractivity contribution is 0.211. The van der Waals surface area contributed by atoms with E-state index >= 15 is 0 Å². The fourth-order valence-electron chi connectivity index (χ4n) is 4.31. The standard InChI is InChI=1S/C24H26ClN5OS/c1-3-20-26-24-30(27-20)23(31)22(32-24)21(17-9-7-16(2)8-10-17)29-13-11-28(12-14-29)19-6-4-5-18(25)15-19/h4-10,15,21,31H,3,11-14H2,1-2H3/t21-/m1/s1. The van der Waals surface area contributed by atoms with Gasteiger partial charge in [-0.25, -0.2) is 4.98 Å². The van der Waals surface area contributed by atoms with Crippen molar-refractivity contribution in [1.82, 2.24) is 19.5 Å². The van der Waals surface area contributed by atoms with E-state index < -0.39 is 0 Å². The highest BCUT2D eigenvalue weighted by atomic mass is 35.5. The van der Waals surface area contributed by atoms with Crippen LogP contribution in [0.2, 0.25) is 5.02 Å². The van der Waals surface area contributed by atoms with Crippen molar-refractivity contribution in [3.63, 3.8) is 0 Å². The molecule has 0 unspecified atom stereocenters. The Kier molecular flexibility index (Phi) is 5.80. The Hall–Kier alpha value is -2.61. The van der Waals surface area contributed by atoms with Crippen LogP contribution in [0.5, 0.6) is 5.88 Å². The lowest BCUT2D eigenvalue weighted by Gasteiger charge is -2.40. The van der Waals surface area contributed by atoms with Crippen LogP contribution in [0.25, 0.3) is 4.96 Å². The maximum Gasteiger partial charge on any atom is 0.230 e. The number of aromatic hydroxyl groups is 1. The van der Waals surface area contributed by atoms with Crippen LogP contribution in [0.1, 0.15) is 34.8 Å². The quantitative estimate of drug-likeness (QED) is 0.451. The van der Waals surface area contributed by atoms with E-state index in [1.54, 1.807) is 4.52 Å². The Bertz CT molecular complexity index is 1230. The van der Waals surface area contributed by atoms with Gasteiger partial charge in [0.25, 0.3) is 0 Å². The molecule has 2 aromatic carbocycles. The van der Waals surface area contributed by atoms with Crippen LogP contribution in [0.3, 0.4) is 0 Å². The summed E-state index contributed by atoms with van der Waals surface area (Å²) < 4.78 is 1.59. The zero-order valence-electron chi connectivity index (χ0n) is 18.2. The number of fused-ring (bicyclic) bond motifs is 1. The van der Waals surface area contributed by atoms with Gasteiger partial charge >= 0.3 is 0 Å². The maximum atomic E-state index is 11.1. The number of benzene rings is 2. The molecular formula is C24H26ClN5OS. The molecule has 1 aliphatic rings. The molecule has 0 saturated carbocycles. The number of hydrogen-bond donors (Lipinski definition) is 1. The number of anilines is 1. The van der Waals surface area contributed by atoms with Crippen molar-refractivity contribution >= 4 is 33.6 Å². The molecule has 6 nitrogen and oxygen atoms in total. The number of piperazine rings is 1. The number of thiazole rings is 1. The summed E-state index contributed by atoms with van der Waals surface area (Å²) in [5, 5.41) is 16.3. The van der Waals surface area contributed by atoms with Crippen molar-refractivity contribution in [3.8, 4) is 5.88 Å². The van der Waals surface area contributed by atoms with Gasteiger partial charge in [-0.3, -0.25) is 4.90 Å². The summed E-state index contributed by atoms with van der Waals surface area (Å²) >= 11 is 7.73. The van der Waals surface area contributed by atoms with Gasteiger partial charge in [-0.1, -0.05) is 65.8 Å². The van der Waals surface area contributed by atoms with Crippen molar-refractivity contribution in [3.05, 3.63) is 75.4 Å². The van der Waals surface area contributed by atoms with Crippen LogP contribution in [0, 0.1) is 6.92 Å². The number of rotatable bonds is 5. The average Bonchev–Trinajstić information content (AvgIpc) is 3.35. The highest BCUT2D eigenvalue weighted by molar-refractivity contribution is 7.17. The number of aromatic nitrogens is 3. The molecule has 1 N–H and O–H groups in total. The minimum atomic E-state index is -0.0457. The van der Waals surface area contributed by atoms with Crippen LogP contribution in [-0.2, 0) is 6.42 Å². The van der Waals surface area contributed by atoms with E-state index in [9.17, 15) is 5.11 Å². The van der Waals surface area contributed by atoms with Crippen molar-refractivity contribution in [2.45, 2.75) is 26.3 Å². The summed E-state index contributed by atoms with van der Waals surface area (Å²) in [6, 6.07) is 16.6. The Balaban J connectivity index is 1.47. The molecule has 32 heavy (non-hydrogen) atoms. The predicted octanol–water partition coefficient (Wildman–Crippen LogP) is 4.93. The van der Waals surface area contributed by atoms with Gasteiger partial charge in [0.05, 0.1) is 10.9 Å². The summed E-state index contributed by atoms with van der Waals surface area (Å²) in [6.07, 6.45) is 0.746. The van der Waals surface area contributed by atoms with Gasteiger partial charge in [-0.2, -0.15) is 4.52 Å². The highest BCUT2D eigenvalue weighted by Crippen LogP contribution is 2.40. The van der Waals surface area contributed by atoms with Crippen molar-refractivity contribution in [1.29, 1.82) is 0 Å². The molecule has 1 saturated heterocycles. The topological polar surface area (TPSA) is 56.9 Å². The Morgan fingerprint density at radius 3 is 2.50 bits per heavy atom. The molecule has 0 aliphatic carbocycles. The predicted molar refractivity (Wildman–Crippen MR) is 130 cm³/mol. The van der Waals surface area contributed by atoms with E-state index in [4.69, 9.17) is 11.6 Å². The van der Waals surface area contributed by atoms with E-state index in [1.165, 1.54) is 22.5 Å². The Morgan fingerprint density at radius 1 is 1.09 bits per heavy atom. The second-order valence-electron chi connectivity index (χ2n) is 8.18. The number of nitrogens with zero attached hydrogens (tertiary/aromatic N) is 5. The first kappa shape index (κ1) is 21.2. The molecule has 3 heterocycles. The third-order valence-corrected chi connectivity index (χ3v) is 7.36. The third kappa shape index (κ3) is 3.96. The second kappa shape index (κ2) is 8.73. The molecule has 5 rings (SSSR count). The molecule has 0 bridgehead atoms. The molecule has 4 aromatic rings. The van der Waals surface area contributed by atoms with Crippen molar-refractivity contribution in [2.24, 2.45) is 0 Å². The van der Waals surface area contributed by atoms with Gasteiger partial charge < -0.3 is 10.0 Å². The zero-order chi connectivity index (χ0) is 22.2. The highest BCUT2D eigenvalue weighted by Gasteiger charge is 2.31. The number of aryl methyl sites for hydroxylation is 2. The van der Waals surface area contributed by atoms with Gasteiger partial charge in [-0.05, 0) is 30.7 Å². The molecule has 166 valence electrons. The van der Waals surface area contributed by atoms with Crippen LogP contribution in [0.4, 0.5) is 5.69 Å². The summed E-state index contributed by atoms with van der Waals surface area (Å²) in [5.41, 5.74) is 3.54. The largest absolute Gasteiger partial charge is 0.492 e. The minimum absolute atomic E-state index is 0.0457. The maximum absolute atomic E-state index is 11.1. The first-order chi connectivity index (χ1) is 15.5. The van der Waals surface area contributed by atoms with E-state index in [1.807, 2.05) is 25.1 Å². The van der Waals surface area contributed by atoms with Gasteiger partial charge in [0.1, 0.15) is 0 Å². The zero-order valence-corrected chi connectivity index (χ0v) is 19.8. The van der Waals surface area contributed by atoms with Gasteiger partial charge in [0, 0.05) is 43.3 Å². The smallest absolute Gasteiger partial charge is 0.230 e.